The molecule has 35 heavy (non-hydrogen) atoms. The van der Waals surface area contributed by atoms with E-state index >= 15 is 0 Å². The SMILES string of the molecule is CCOC(=O)O[C@]1(C(=O)COC(=O)CC)CC[C@H]2[C@H]3CCC4=CC(=O)C=C[C@]4(C)[C@@H]3[C@@H](O)C[C@@]21C. The van der Waals surface area contributed by atoms with Crippen molar-refractivity contribution in [3.63, 3.8) is 0 Å². The maximum Gasteiger partial charge on any atom is 0.509 e. The van der Waals surface area contributed by atoms with Gasteiger partial charge in [-0.05, 0) is 63.0 Å². The highest BCUT2D eigenvalue weighted by molar-refractivity contribution is 6.01. The fourth-order valence-corrected chi connectivity index (χ4v) is 7.65. The molecule has 192 valence electrons. The summed E-state index contributed by atoms with van der Waals surface area (Å²) in [5, 5.41) is 11.6. The molecular formula is C27H36O8. The Morgan fingerprint density at radius 3 is 2.57 bits per heavy atom. The predicted molar refractivity (Wildman–Crippen MR) is 125 cm³/mol. The third-order valence-corrected chi connectivity index (χ3v) is 9.24. The highest BCUT2D eigenvalue weighted by Crippen LogP contribution is 2.67. The second-order valence-corrected chi connectivity index (χ2v) is 10.8. The normalized spacial score (nSPS) is 39.6. The van der Waals surface area contributed by atoms with E-state index in [1.165, 1.54) is 0 Å². The van der Waals surface area contributed by atoms with Gasteiger partial charge in [-0.1, -0.05) is 32.4 Å². The number of Topliss-reactive ketones (excluding diaryl/α,β-unsaturated/α-hetero) is 1. The molecule has 8 heteroatoms. The molecule has 7 atom stereocenters. The molecule has 0 heterocycles. The maximum atomic E-state index is 13.6. The van der Waals surface area contributed by atoms with Crippen LogP contribution in [-0.2, 0) is 28.6 Å². The average Bonchev–Trinajstić information content (AvgIpc) is 3.09. The van der Waals surface area contributed by atoms with Crippen molar-refractivity contribution < 1.29 is 38.5 Å². The Hall–Kier alpha value is -2.48. The molecular weight excluding hydrogens is 452 g/mol. The Balaban J connectivity index is 1.70. The second kappa shape index (κ2) is 9.19. The van der Waals surface area contributed by atoms with E-state index in [1.54, 1.807) is 26.0 Å². The van der Waals surface area contributed by atoms with E-state index in [2.05, 4.69) is 6.92 Å². The third-order valence-electron chi connectivity index (χ3n) is 9.24. The zero-order chi connectivity index (χ0) is 25.6. The molecule has 3 saturated carbocycles. The van der Waals surface area contributed by atoms with Crippen molar-refractivity contribution >= 4 is 23.7 Å². The highest BCUT2D eigenvalue weighted by atomic mass is 16.7. The van der Waals surface area contributed by atoms with Gasteiger partial charge >= 0.3 is 12.1 Å². The Kier molecular flexibility index (Phi) is 6.72. The van der Waals surface area contributed by atoms with Gasteiger partial charge in [0.2, 0.25) is 5.78 Å². The largest absolute Gasteiger partial charge is 0.509 e. The van der Waals surface area contributed by atoms with Crippen LogP contribution in [0, 0.1) is 28.6 Å². The molecule has 4 rings (SSSR count). The zero-order valence-electron chi connectivity index (χ0n) is 21.0. The van der Waals surface area contributed by atoms with Gasteiger partial charge in [0.25, 0.3) is 0 Å². The van der Waals surface area contributed by atoms with Crippen LogP contribution >= 0.6 is 0 Å². The number of aliphatic hydroxyl groups excluding tert-OH is 1. The van der Waals surface area contributed by atoms with E-state index in [4.69, 9.17) is 14.2 Å². The highest BCUT2D eigenvalue weighted by Gasteiger charge is 2.70. The number of carbonyl (C=O) groups is 4. The lowest BCUT2D eigenvalue weighted by Gasteiger charge is -2.59. The number of aliphatic hydroxyl groups is 1. The molecule has 8 nitrogen and oxygen atoms in total. The summed E-state index contributed by atoms with van der Waals surface area (Å²) in [6, 6.07) is 0. The lowest BCUT2D eigenvalue weighted by Crippen LogP contribution is -2.63. The van der Waals surface area contributed by atoms with Crippen molar-refractivity contribution in [1.82, 2.24) is 0 Å². The summed E-state index contributed by atoms with van der Waals surface area (Å²) in [5.74, 6) is -1.06. The van der Waals surface area contributed by atoms with Crippen molar-refractivity contribution in [3.05, 3.63) is 23.8 Å². The van der Waals surface area contributed by atoms with Crippen molar-refractivity contribution in [1.29, 1.82) is 0 Å². The zero-order valence-corrected chi connectivity index (χ0v) is 21.0. The van der Waals surface area contributed by atoms with E-state index in [1.807, 2.05) is 13.0 Å². The minimum absolute atomic E-state index is 0.000515. The first-order valence-corrected chi connectivity index (χ1v) is 12.7. The van der Waals surface area contributed by atoms with Gasteiger partial charge in [-0.3, -0.25) is 14.4 Å². The van der Waals surface area contributed by atoms with Gasteiger partial charge in [0.05, 0.1) is 12.7 Å². The van der Waals surface area contributed by atoms with E-state index in [0.29, 0.717) is 6.42 Å². The van der Waals surface area contributed by atoms with E-state index in [9.17, 15) is 24.3 Å². The summed E-state index contributed by atoms with van der Waals surface area (Å²) in [6.45, 7) is 6.90. The standard InChI is InChI=1S/C27H36O8/c1-5-22(31)34-15-21(30)27(35-24(32)33-6-2)12-10-19-18-8-7-16-13-17(28)9-11-25(16,3)23(18)20(29)14-26(19,27)4/h9,11,13,18-20,23,29H,5-8,10,12,14-15H2,1-4H3/t18-,19+,20+,23+,25+,26+,27+/m1/s1. The molecule has 0 saturated heterocycles. The van der Waals surface area contributed by atoms with Crippen LogP contribution in [0.2, 0.25) is 0 Å². The number of ether oxygens (including phenoxy) is 3. The predicted octanol–water partition coefficient (Wildman–Crippen LogP) is 3.70. The molecule has 0 bridgehead atoms. The second-order valence-electron chi connectivity index (χ2n) is 10.8. The van der Waals surface area contributed by atoms with Gasteiger partial charge in [-0.25, -0.2) is 4.79 Å². The van der Waals surface area contributed by atoms with Crippen molar-refractivity contribution in [2.45, 2.75) is 77.9 Å². The fraction of sp³-hybridized carbons (Fsp3) is 0.704. The van der Waals surface area contributed by atoms with Crippen LogP contribution in [0.25, 0.3) is 0 Å². The monoisotopic (exact) mass is 488 g/mol. The smallest absolute Gasteiger partial charge is 0.457 e. The lowest BCUT2D eigenvalue weighted by atomic mass is 9.46. The molecule has 4 aliphatic rings. The summed E-state index contributed by atoms with van der Waals surface area (Å²) >= 11 is 0. The summed E-state index contributed by atoms with van der Waals surface area (Å²) in [7, 11) is 0. The fourth-order valence-electron chi connectivity index (χ4n) is 7.65. The van der Waals surface area contributed by atoms with Gasteiger partial charge in [-0.15, -0.1) is 0 Å². The molecule has 4 aliphatic carbocycles. The van der Waals surface area contributed by atoms with Crippen LogP contribution in [0.4, 0.5) is 4.79 Å². The minimum Gasteiger partial charge on any atom is -0.457 e. The molecule has 0 amide bonds. The van der Waals surface area contributed by atoms with Gasteiger partial charge in [0, 0.05) is 23.2 Å². The first-order chi connectivity index (χ1) is 16.5. The topological polar surface area (TPSA) is 116 Å². The van der Waals surface area contributed by atoms with E-state index in [0.717, 1.165) is 18.4 Å². The first-order valence-electron chi connectivity index (χ1n) is 12.7. The number of esters is 1. The summed E-state index contributed by atoms with van der Waals surface area (Å²) in [5.41, 5.74) is -1.81. The number of allylic oxidation sites excluding steroid dienone is 4. The minimum atomic E-state index is -1.56. The van der Waals surface area contributed by atoms with Crippen LogP contribution in [0.1, 0.15) is 66.2 Å². The van der Waals surface area contributed by atoms with Crippen LogP contribution in [0.3, 0.4) is 0 Å². The molecule has 0 spiro atoms. The van der Waals surface area contributed by atoms with Crippen molar-refractivity contribution in [3.8, 4) is 0 Å². The van der Waals surface area contributed by atoms with Crippen LogP contribution < -0.4 is 0 Å². The Morgan fingerprint density at radius 1 is 1.14 bits per heavy atom. The molecule has 0 aromatic carbocycles. The number of carbonyl (C=O) groups excluding carboxylic acids is 4. The summed E-state index contributed by atoms with van der Waals surface area (Å²) in [6.07, 6.45) is 6.31. The Morgan fingerprint density at radius 2 is 1.89 bits per heavy atom. The number of ketones is 2. The maximum absolute atomic E-state index is 13.6. The number of hydrogen-bond donors (Lipinski definition) is 1. The molecule has 1 N–H and O–H groups in total. The molecule has 0 aromatic heterocycles. The van der Waals surface area contributed by atoms with Crippen LogP contribution in [-0.4, -0.2) is 53.7 Å². The van der Waals surface area contributed by atoms with Gasteiger partial charge in [0.15, 0.2) is 18.0 Å². The molecule has 0 aromatic rings. The number of fused-ring (bicyclic) bond motifs is 5. The average molecular weight is 489 g/mol. The third kappa shape index (κ3) is 3.94. The summed E-state index contributed by atoms with van der Waals surface area (Å²) < 4.78 is 16.0. The van der Waals surface area contributed by atoms with Gasteiger partial charge in [0.1, 0.15) is 0 Å². The molecule has 0 unspecified atom stereocenters. The van der Waals surface area contributed by atoms with E-state index < -0.39 is 47.0 Å². The lowest BCUT2D eigenvalue weighted by molar-refractivity contribution is -0.185. The van der Waals surface area contributed by atoms with E-state index in [-0.39, 0.29) is 49.4 Å². The van der Waals surface area contributed by atoms with Gasteiger partial charge in [-0.2, -0.15) is 0 Å². The van der Waals surface area contributed by atoms with Crippen LogP contribution in [0.15, 0.2) is 23.8 Å². The van der Waals surface area contributed by atoms with Crippen molar-refractivity contribution in [2.75, 3.05) is 13.2 Å². The molecule has 0 aliphatic heterocycles. The molecule has 0 radical (unpaired) electrons. The number of rotatable bonds is 6. The van der Waals surface area contributed by atoms with Crippen molar-refractivity contribution in [2.24, 2.45) is 28.6 Å². The Labute approximate surface area is 206 Å². The molecule has 3 fully saturated rings. The quantitative estimate of drug-likeness (QED) is 0.563. The van der Waals surface area contributed by atoms with Crippen LogP contribution in [0.5, 0.6) is 0 Å². The van der Waals surface area contributed by atoms with Gasteiger partial charge < -0.3 is 19.3 Å². The summed E-state index contributed by atoms with van der Waals surface area (Å²) in [4.78, 5) is 50.0. The first kappa shape index (κ1) is 25.6. The number of hydrogen-bond acceptors (Lipinski definition) is 8. The Bertz CT molecular complexity index is 982.